The molecule has 4 rings (SSSR count). The summed E-state index contributed by atoms with van der Waals surface area (Å²) in [6, 6.07) is 21.1. The van der Waals surface area contributed by atoms with Gasteiger partial charge in [0.1, 0.15) is 0 Å². The molecule has 3 aromatic carbocycles. The van der Waals surface area contributed by atoms with E-state index in [2.05, 4.69) is 28.2 Å². The summed E-state index contributed by atoms with van der Waals surface area (Å²) in [5.41, 5.74) is 5.25. The van der Waals surface area contributed by atoms with Crippen LogP contribution in [0.5, 0.6) is 0 Å². The SMILES string of the molecule is COC(=O)c1ccc(CN(Cc2ccc(C(=O)OC)cc2)c2ccc3c(cnn3C)c2)cc1. The molecule has 0 N–H and O–H groups in total. The van der Waals surface area contributed by atoms with Crippen molar-refractivity contribution < 1.29 is 19.1 Å². The quantitative estimate of drug-likeness (QED) is 0.395. The van der Waals surface area contributed by atoms with E-state index in [-0.39, 0.29) is 11.9 Å². The van der Waals surface area contributed by atoms with Gasteiger partial charge in [-0.1, -0.05) is 24.3 Å². The van der Waals surface area contributed by atoms with E-state index in [0.717, 1.165) is 27.7 Å². The molecule has 0 saturated carbocycles. The minimum absolute atomic E-state index is 0.355. The van der Waals surface area contributed by atoms with Crippen molar-refractivity contribution in [1.82, 2.24) is 9.78 Å². The van der Waals surface area contributed by atoms with Crippen LogP contribution in [-0.2, 0) is 29.6 Å². The van der Waals surface area contributed by atoms with Crippen molar-refractivity contribution in [3.63, 3.8) is 0 Å². The number of aromatic nitrogens is 2. The van der Waals surface area contributed by atoms with E-state index in [1.807, 2.05) is 42.2 Å². The van der Waals surface area contributed by atoms with E-state index < -0.39 is 0 Å². The maximum absolute atomic E-state index is 11.8. The Morgan fingerprint density at radius 2 is 1.33 bits per heavy atom. The molecule has 0 fully saturated rings. The Labute approximate surface area is 192 Å². The smallest absolute Gasteiger partial charge is 0.337 e. The molecule has 168 valence electrons. The van der Waals surface area contributed by atoms with Gasteiger partial charge in [-0.2, -0.15) is 5.10 Å². The van der Waals surface area contributed by atoms with Crippen molar-refractivity contribution in [3.8, 4) is 0 Å². The molecule has 4 aromatic rings. The molecule has 0 bridgehead atoms. The Kier molecular flexibility index (Phi) is 6.40. The lowest BCUT2D eigenvalue weighted by atomic mass is 10.1. The summed E-state index contributed by atoms with van der Waals surface area (Å²) in [5, 5.41) is 5.40. The van der Waals surface area contributed by atoms with Gasteiger partial charge < -0.3 is 14.4 Å². The van der Waals surface area contributed by atoms with Crippen LogP contribution in [0.25, 0.3) is 10.9 Å². The van der Waals surface area contributed by atoms with Gasteiger partial charge in [-0.15, -0.1) is 0 Å². The van der Waals surface area contributed by atoms with Gasteiger partial charge in [-0.05, 0) is 53.6 Å². The summed E-state index contributed by atoms with van der Waals surface area (Å²) in [7, 11) is 4.67. The number of anilines is 1. The van der Waals surface area contributed by atoms with E-state index in [1.165, 1.54) is 14.2 Å². The second kappa shape index (κ2) is 9.56. The Morgan fingerprint density at radius 3 is 1.82 bits per heavy atom. The van der Waals surface area contributed by atoms with Gasteiger partial charge in [0.25, 0.3) is 0 Å². The van der Waals surface area contributed by atoms with E-state index >= 15 is 0 Å². The number of benzene rings is 3. The average molecular weight is 444 g/mol. The topological polar surface area (TPSA) is 73.7 Å². The minimum atomic E-state index is -0.355. The van der Waals surface area contributed by atoms with Gasteiger partial charge >= 0.3 is 11.9 Å². The van der Waals surface area contributed by atoms with Crippen molar-refractivity contribution in [3.05, 3.63) is 95.2 Å². The zero-order valence-corrected chi connectivity index (χ0v) is 18.8. The number of hydrogen-bond acceptors (Lipinski definition) is 6. The third kappa shape index (κ3) is 4.87. The summed E-state index contributed by atoms with van der Waals surface area (Å²) in [6.45, 7) is 1.26. The average Bonchev–Trinajstić information content (AvgIpc) is 3.23. The van der Waals surface area contributed by atoms with Crippen molar-refractivity contribution in [2.45, 2.75) is 13.1 Å². The van der Waals surface area contributed by atoms with Crippen molar-refractivity contribution >= 4 is 28.5 Å². The Hall–Kier alpha value is -4.13. The number of aryl methyl sites for hydroxylation is 1. The lowest BCUT2D eigenvalue weighted by Crippen LogP contribution is -2.22. The fraction of sp³-hybridized carbons (Fsp3) is 0.192. The normalized spacial score (nSPS) is 10.8. The molecule has 0 spiro atoms. The number of carbonyl (C=O) groups is 2. The first-order valence-electron chi connectivity index (χ1n) is 10.5. The molecule has 0 unspecified atom stereocenters. The lowest BCUT2D eigenvalue weighted by molar-refractivity contribution is 0.0592. The highest BCUT2D eigenvalue weighted by molar-refractivity contribution is 5.89. The molecule has 0 aliphatic carbocycles. The predicted octanol–water partition coefficient (Wildman–Crippen LogP) is 4.35. The number of hydrogen-bond donors (Lipinski definition) is 0. The molecule has 0 aliphatic rings. The number of rotatable bonds is 7. The summed E-state index contributed by atoms with van der Waals surface area (Å²) in [6.07, 6.45) is 1.85. The van der Waals surface area contributed by atoms with Crippen LogP contribution in [0.15, 0.2) is 72.9 Å². The Morgan fingerprint density at radius 1 is 0.818 bits per heavy atom. The molecule has 7 nitrogen and oxygen atoms in total. The maximum atomic E-state index is 11.8. The summed E-state index contributed by atoms with van der Waals surface area (Å²) >= 11 is 0. The Balaban J connectivity index is 1.63. The molecule has 0 amide bonds. The van der Waals surface area contributed by atoms with Crippen molar-refractivity contribution in [1.29, 1.82) is 0 Å². The van der Waals surface area contributed by atoms with Crippen molar-refractivity contribution in [2.75, 3.05) is 19.1 Å². The highest BCUT2D eigenvalue weighted by Crippen LogP contribution is 2.25. The van der Waals surface area contributed by atoms with E-state index in [1.54, 1.807) is 24.3 Å². The first-order valence-corrected chi connectivity index (χ1v) is 10.5. The molecule has 1 aromatic heterocycles. The molecule has 33 heavy (non-hydrogen) atoms. The first-order chi connectivity index (χ1) is 16.0. The van der Waals surface area contributed by atoms with Crippen LogP contribution in [0.4, 0.5) is 5.69 Å². The largest absolute Gasteiger partial charge is 0.465 e. The molecular weight excluding hydrogens is 418 g/mol. The summed E-state index contributed by atoms with van der Waals surface area (Å²) < 4.78 is 11.4. The lowest BCUT2D eigenvalue weighted by Gasteiger charge is -2.25. The van der Waals surface area contributed by atoms with Gasteiger partial charge in [-0.3, -0.25) is 4.68 Å². The molecule has 0 radical (unpaired) electrons. The molecule has 0 atom stereocenters. The van der Waals surface area contributed by atoms with Crippen molar-refractivity contribution in [2.24, 2.45) is 7.05 Å². The van der Waals surface area contributed by atoms with Crippen LogP contribution in [0, 0.1) is 0 Å². The molecule has 7 heteroatoms. The van der Waals surface area contributed by atoms with Gasteiger partial charge in [-0.25, -0.2) is 9.59 Å². The number of esters is 2. The third-order valence-corrected chi connectivity index (χ3v) is 5.59. The highest BCUT2D eigenvalue weighted by Gasteiger charge is 2.13. The van der Waals surface area contributed by atoms with E-state index in [9.17, 15) is 9.59 Å². The standard InChI is InChI=1S/C26H25N3O4/c1-28-24-13-12-23(14-22(24)15-27-28)29(16-18-4-8-20(9-5-18)25(30)32-2)17-19-6-10-21(11-7-19)26(31)33-3/h4-15H,16-17H2,1-3H3. The third-order valence-electron chi connectivity index (χ3n) is 5.59. The molecule has 0 aliphatic heterocycles. The predicted molar refractivity (Wildman–Crippen MR) is 126 cm³/mol. The second-order valence-electron chi connectivity index (χ2n) is 7.74. The number of fused-ring (bicyclic) bond motifs is 1. The van der Waals surface area contributed by atoms with Crippen LogP contribution >= 0.6 is 0 Å². The van der Waals surface area contributed by atoms with E-state index in [0.29, 0.717) is 24.2 Å². The van der Waals surface area contributed by atoms with Gasteiger partial charge in [0.2, 0.25) is 0 Å². The second-order valence-corrected chi connectivity index (χ2v) is 7.74. The number of ether oxygens (including phenoxy) is 2. The summed E-state index contributed by atoms with van der Waals surface area (Å²) in [5.74, 6) is -0.711. The first kappa shape index (κ1) is 22.1. The van der Waals surface area contributed by atoms with Crippen LogP contribution < -0.4 is 4.90 Å². The molecular formula is C26H25N3O4. The monoisotopic (exact) mass is 443 g/mol. The fourth-order valence-corrected chi connectivity index (χ4v) is 3.76. The van der Waals surface area contributed by atoms with Crippen LogP contribution in [0.3, 0.4) is 0 Å². The highest BCUT2D eigenvalue weighted by atomic mass is 16.5. The van der Waals surface area contributed by atoms with Crippen LogP contribution in [0.1, 0.15) is 31.8 Å². The summed E-state index contributed by atoms with van der Waals surface area (Å²) in [4.78, 5) is 25.8. The van der Waals surface area contributed by atoms with Gasteiger partial charge in [0, 0.05) is 31.2 Å². The zero-order chi connectivity index (χ0) is 23.4. The Bertz CT molecular complexity index is 1220. The van der Waals surface area contributed by atoms with Gasteiger partial charge in [0.05, 0.1) is 37.1 Å². The number of carbonyl (C=O) groups excluding carboxylic acids is 2. The molecule has 1 heterocycles. The maximum Gasteiger partial charge on any atom is 0.337 e. The molecule has 0 saturated heterocycles. The van der Waals surface area contributed by atoms with Crippen LogP contribution in [0.2, 0.25) is 0 Å². The number of nitrogens with zero attached hydrogens (tertiary/aromatic N) is 3. The number of methoxy groups -OCH3 is 2. The van der Waals surface area contributed by atoms with Crippen LogP contribution in [-0.4, -0.2) is 35.9 Å². The van der Waals surface area contributed by atoms with Gasteiger partial charge in [0.15, 0.2) is 0 Å². The fourth-order valence-electron chi connectivity index (χ4n) is 3.76. The zero-order valence-electron chi connectivity index (χ0n) is 18.8. The minimum Gasteiger partial charge on any atom is -0.465 e. The van der Waals surface area contributed by atoms with E-state index in [4.69, 9.17) is 9.47 Å².